The molecular weight excluding hydrogens is 567 g/mol. The number of halogens is 2. The highest BCUT2D eigenvalue weighted by Crippen LogP contribution is 2.59. The van der Waals surface area contributed by atoms with E-state index in [-0.39, 0.29) is 17.3 Å². The minimum atomic E-state index is -2.74. The summed E-state index contributed by atoms with van der Waals surface area (Å²) in [6, 6.07) is 6.82. The lowest BCUT2D eigenvalue weighted by atomic mass is 10.0. The van der Waals surface area contributed by atoms with Crippen LogP contribution in [0.15, 0.2) is 10.7 Å². The summed E-state index contributed by atoms with van der Waals surface area (Å²) in [6.45, 7) is 16.0. The fourth-order valence-corrected chi connectivity index (χ4v) is 13.0. The Hall–Kier alpha value is -0.193. The van der Waals surface area contributed by atoms with E-state index in [1.54, 1.807) is 13.8 Å². The molecule has 200 valence electrons. The summed E-state index contributed by atoms with van der Waals surface area (Å²) < 4.78 is 47.1. The van der Waals surface area contributed by atoms with Gasteiger partial charge < -0.3 is 9.11 Å². The van der Waals surface area contributed by atoms with E-state index in [4.69, 9.17) is 0 Å². The molecule has 6 nitrogen and oxygen atoms in total. The minimum Gasteiger partial charge on any atom is -0.598 e. The Balaban J connectivity index is 2.79. The number of nitriles is 1. The van der Waals surface area contributed by atoms with Crippen LogP contribution in [0.4, 0.5) is 4.39 Å². The van der Waals surface area contributed by atoms with Crippen LogP contribution in [-0.2, 0) is 16.9 Å². The third-order valence-corrected chi connectivity index (χ3v) is 18.8. The van der Waals surface area contributed by atoms with E-state index in [2.05, 4.69) is 57.2 Å². The van der Waals surface area contributed by atoms with Crippen LogP contribution in [-0.4, -0.2) is 44.0 Å². The zero-order valence-corrected chi connectivity index (χ0v) is 26.6. The van der Waals surface area contributed by atoms with Crippen LogP contribution in [0.25, 0.3) is 0 Å². The smallest absolute Gasteiger partial charge is 0.146 e. The first-order valence-corrected chi connectivity index (χ1v) is 18.6. The van der Waals surface area contributed by atoms with Crippen LogP contribution in [0.3, 0.4) is 0 Å². The van der Waals surface area contributed by atoms with Gasteiger partial charge in [0, 0.05) is 23.7 Å². The molecule has 1 aromatic rings. The van der Waals surface area contributed by atoms with E-state index >= 15 is 4.39 Å². The SMILES string of the molecule is CC[Si](CC)(CC)c1cc(Br)nc(C(C)(C[S@@]2(O)NCCC[C@@]2(C)C#N)N[S@+]([O-])C(C)(C)C)c1F. The van der Waals surface area contributed by atoms with Crippen molar-refractivity contribution in [3.63, 3.8) is 0 Å². The summed E-state index contributed by atoms with van der Waals surface area (Å²) in [4.78, 5) is 4.59. The molecule has 0 aromatic carbocycles. The van der Waals surface area contributed by atoms with Gasteiger partial charge in [0.25, 0.3) is 0 Å². The van der Waals surface area contributed by atoms with Gasteiger partial charge in [-0.05, 0) is 74.6 Å². The summed E-state index contributed by atoms with van der Waals surface area (Å²) in [7, 11) is -4.88. The lowest BCUT2D eigenvalue weighted by Gasteiger charge is -2.52. The average molecular weight is 610 g/mol. The second-order valence-corrected chi connectivity index (χ2v) is 21.9. The number of hydrogen-bond donors (Lipinski definition) is 3. The fourth-order valence-electron chi connectivity index (χ4n) is 4.83. The summed E-state index contributed by atoms with van der Waals surface area (Å²) in [5, 5.41) is 10.7. The van der Waals surface area contributed by atoms with E-state index in [0.29, 0.717) is 22.8 Å². The molecule has 1 saturated heterocycles. The van der Waals surface area contributed by atoms with Crippen LogP contribution in [0.1, 0.15) is 73.9 Å². The summed E-state index contributed by atoms with van der Waals surface area (Å²) >= 11 is 1.94. The molecule has 0 saturated carbocycles. The first-order valence-electron chi connectivity index (χ1n) is 12.3. The topological polar surface area (TPSA) is 104 Å². The van der Waals surface area contributed by atoms with Gasteiger partial charge in [-0.25, -0.2) is 9.37 Å². The number of hydrogen-bond acceptors (Lipinski definition) is 6. The van der Waals surface area contributed by atoms with Crippen molar-refractivity contribution in [3.8, 4) is 6.07 Å². The van der Waals surface area contributed by atoms with Gasteiger partial charge in [0.05, 0.1) is 14.1 Å². The molecule has 1 unspecified atom stereocenters. The number of nitrogens with zero attached hydrogens (tertiary/aromatic N) is 2. The summed E-state index contributed by atoms with van der Waals surface area (Å²) in [5.41, 5.74) is -1.15. The molecule has 11 heteroatoms. The van der Waals surface area contributed by atoms with Crippen molar-refractivity contribution in [1.82, 2.24) is 14.4 Å². The molecule has 3 N–H and O–H groups in total. The van der Waals surface area contributed by atoms with E-state index in [0.717, 1.165) is 24.6 Å². The Labute approximate surface area is 225 Å². The second-order valence-electron chi connectivity index (χ2n) is 11.0. The van der Waals surface area contributed by atoms with Crippen LogP contribution in [0, 0.1) is 17.1 Å². The maximum atomic E-state index is 16.6. The molecule has 0 radical (unpaired) electrons. The van der Waals surface area contributed by atoms with Gasteiger partial charge in [0.2, 0.25) is 0 Å². The quantitative estimate of drug-likeness (QED) is 0.185. The van der Waals surface area contributed by atoms with Crippen LogP contribution in [0.2, 0.25) is 18.1 Å². The minimum absolute atomic E-state index is 0.00459. The van der Waals surface area contributed by atoms with Gasteiger partial charge in [-0.2, -0.15) is 5.26 Å². The van der Waals surface area contributed by atoms with E-state index in [1.807, 2.05) is 26.8 Å². The molecule has 4 atom stereocenters. The Morgan fingerprint density at radius 3 is 2.40 bits per heavy atom. The summed E-state index contributed by atoms with van der Waals surface area (Å²) in [5.74, 6) is -0.381. The van der Waals surface area contributed by atoms with Crippen LogP contribution < -0.4 is 14.6 Å². The molecule has 1 fully saturated rings. The van der Waals surface area contributed by atoms with Gasteiger partial charge in [0.1, 0.15) is 31.1 Å². The van der Waals surface area contributed by atoms with E-state index < -0.39 is 45.0 Å². The maximum Gasteiger partial charge on any atom is 0.146 e. The lowest BCUT2D eigenvalue weighted by Crippen LogP contribution is -2.58. The largest absolute Gasteiger partial charge is 0.598 e. The van der Waals surface area contributed by atoms with Crippen molar-refractivity contribution in [2.24, 2.45) is 0 Å². The van der Waals surface area contributed by atoms with Crippen LogP contribution >= 0.6 is 26.4 Å². The average Bonchev–Trinajstić information content (AvgIpc) is 2.78. The Bertz CT molecular complexity index is 950. The zero-order valence-electron chi connectivity index (χ0n) is 22.3. The molecule has 0 amide bonds. The van der Waals surface area contributed by atoms with Gasteiger partial charge in [-0.1, -0.05) is 49.4 Å². The number of rotatable bonds is 9. The van der Waals surface area contributed by atoms with Crippen molar-refractivity contribution in [2.75, 3.05) is 12.3 Å². The lowest BCUT2D eigenvalue weighted by molar-refractivity contribution is 0.410. The summed E-state index contributed by atoms with van der Waals surface area (Å²) in [6.07, 6.45) is 1.31. The third kappa shape index (κ3) is 6.11. The maximum absolute atomic E-state index is 16.6. The number of nitrogens with one attached hydrogen (secondary N) is 2. The normalized spacial score (nSPS) is 26.1. The number of pyridine rings is 1. The van der Waals surface area contributed by atoms with Gasteiger partial charge in [-0.3, -0.25) is 4.72 Å². The fraction of sp³-hybridized carbons (Fsp3) is 0.750. The molecule has 1 aliphatic rings. The first-order chi connectivity index (χ1) is 16.1. The molecule has 2 rings (SSSR count). The van der Waals surface area contributed by atoms with Gasteiger partial charge in [0.15, 0.2) is 0 Å². The zero-order chi connectivity index (χ0) is 26.9. The molecule has 35 heavy (non-hydrogen) atoms. The van der Waals surface area contributed by atoms with Gasteiger partial charge >= 0.3 is 0 Å². The molecule has 2 heterocycles. The van der Waals surface area contributed by atoms with Crippen molar-refractivity contribution in [3.05, 3.63) is 22.2 Å². The van der Waals surface area contributed by atoms with Crippen molar-refractivity contribution in [1.29, 1.82) is 5.26 Å². The van der Waals surface area contributed by atoms with Crippen molar-refractivity contribution >= 4 is 51.0 Å². The monoisotopic (exact) mass is 608 g/mol. The van der Waals surface area contributed by atoms with Crippen LogP contribution in [0.5, 0.6) is 0 Å². The third-order valence-electron chi connectivity index (χ3n) is 7.58. The Kier molecular flexibility index (Phi) is 10.00. The predicted molar refractivity (Wildman–Crippen MR) is 153 cm³/mol. The predicted octanol–water partition coefficient (Wildman–Crippen LogP) is 5.82. The van der Waals surface area contributed by atoms with E-state index in [1.165, 1.54) is 0 Å². The van der Waals surface area contributed by atoms with Crippen molar-refractivity contribution < 1.29 is 13.5 Å². The standard InChI is InChI=1S/C24H42BrFN4O2S2Si/c1-9-35(10-2,11-3)18-15-19(25)29-21(20(18)26)24(8,30-33(31)22(4,5)6)17-34(32)23(7,16-27)13-12-14-28-34/h15,28,30,32H,9-14,17H2,1-8H3/t23-,24?,33+/m0/s1. The molecule has 1 aromatic heterocycles. The molecule has 0 aliphatic carbocycles. The Morgan fingerprint density at radius 1 is 1.34 bits per heavy atom. The first kappa shape index (κ1) is 31.0. The number of aromatic nitrogens is 1. The Morgan fingerprint density at radius 2 is 1.91 bits per heavy atom. The van der Waals surface area contributed by atoms with Crippen molar-refractivity contribution in [2.45, 2.75) is 101 Å². The highest BCUT2D eigenvalue weighted by Gasteiger charge is 2.53. The second kappa shape index (κ2) is 11.3. The molecule has 0 spiro atoms. The highest BCUT2D eigenvalue weighted by molar-refractivity contribution is 9.10. The molecular formula is C24H42BrFN4O2S2Si. The molecule has 0 bridgehead atoms. The molecule has 1 aliphatic heterocycles. The highest BCUT2D eigenvalue weighted by atomic mass is 79.9. The van der Waals surface area contributed by atoms with Gasteiger partial charge in [-0.15, -0.1) is 4.72 Å². The van der Waals surface area contributed by atoms with E-state index in [9.17, 15) is 14.4 Å².